The van der Waals surface area contributed by atoms with Crippen molar-refractivity contribution >= 4 is 16.9 Å². The molecule has 0 amide bonds. The second-order valence-corrected chi connectivity index (χ2v) is 6.30. The summed E-state index contributed by atoms with van der Waals surface area (Å²) in [5, 5.41) is 3.05. The molecule has 0 aliphatic rings. The van der Waals surface area contributed by atoms with Gasteiger partial charge in [-0.05, 0) is 12.8 Å². The number of benzene rings is 1. The number of nitrogens with zero attached hydrogens (tertiary/aromatic N) is 3. The second kappa shape index (κ2) is 6.86. The Morgan fingerprint density at radius 3 is 2.12 bits per heavy atom. The summed E-state index contributed by atoms with van der Waals surface area (Å²) in [6.45, 7) is 5.70. The number of hydrogen-bond donors (Lipinski definition) is 1. The van der Waals surface area contributed by atoms with E-state index in [4.69, 9.17) is 0 Å². The van der Waals surface area contributed by atoms with Crippen LogP contribution >= 0.6 is 0 Å². The molecule has 1 aromatic carbocycles. The van der Waals surface area contributed by atoms with Crippen LogP contribution in [0.2, 0.25) is 0 Å². The Kier molecular flexibility index (Phi) is 4.76. The Bertz CT molecular complexity index is 952. The van der Waals surface area contributed by atoms with E-state index in [0.29, 0.717) is 12.1 Å². The number of nitrogens with one attached hydrogen (secondary N) is 1. The number of anilines is 1. The minimum Gasteiger partial charge on any atom is -0.380 e. The fourth-order valence-corrected chi connectivity index (χ4v) is 2.50. The van der Waals surface area contributed by atoms with Crippen molar-refractivity contribution in [2.24, 2.45) is 5.92 Å². The van der Waals surface area contributed by atoms with Crippen LogP contribution in [-0.4, -0.2) is 21.0 Å². The molecule has 4 nitrogen and oxygen atoms in total. The second-order valence-electron chi connectivity index (χ2n) is 6.30. The van der Waals surface area contributed by atoms with E-state index in [2.05, 4.69) is 20.3 Å². The van der Waals surface area contributed by atoms with Crippen LogP contribution in [0.1, 0.15) is 20.8 Å². The van der Waals surface area contributed by atoms with Crippen molar-refractivity contribution in [1.29, 1.82) is 0 Å². The molecule has 8 heteroatoms. The van der Waals surface area contributed by atoms with Crippen LogP contribution in [0.4, 0.5) is 23.2 Å². The quantitative estimate of drug-likeness (QED) is 0.538. The van der Waals surface area contributed by atoms with E-state index < -0.39 is 34.5 Å². The average Bonchev–Trinajstić information content (AvgIpc) is 2.56. The zero-order chi connectivity index (χ0) is 19.0. The topological polar surface area (TPSA) is 50.7 Å². The first-order valence-electron chi connectivity index (χ1n) is 8.01. The van der Waals surface area contributed by atoms with Gasteiger partial charge in [-0.3, -0.25) is 0 Å². The summed E-state index contributed by atoms with van der Waals surface area (Å²) in [4.78, 5) is 11.7. The molecular weight excluding hydrogens is 348 g/mol. The normalized spacial score (nSPS) is 12.6. The van der Waals surface area contributed by atoms with Gasteiger partial charge in [0.1, 0.15) is 23.0 Å². The highest BCUT2D eigenvalue weighted by Gasteiger charge is 2.26. The van der Waals surface area contributed by atoms with Crippen LogP contribution in [0.25, 0.3) is 22.3 Å². The Morgan fingerprint density at radius 1 is 0.885 bits per heavy atom. The SMILES string of the molecule is CC(C)C(C)Nc1c(-c2c(F)cc(F)cc2F)c(F)nc2nccnc12. The van der Waals surface area contributed by atoms with Crippen LogP contribution in [0, 0.1) is 29.3 Å². The molecule has 1 atom stereocenters. The minimum absolute atomic E-state index is 0.00451. The van der Waals surface area contributed by atoms with Crippen LogP contribution in [0.15, 0.2) is 24.5 Å². The summed E-state index contributed by atoms with van der Waals surface area (Å²) < 4.78 is 56.6. The maximum atomic E-state index is 14.7. The smallest absolute Gasteiger partial charge is 0.225 e. The van der Waals surface area contributed by atoms with Gasteiger partial charge in [0.25, 0.3) is 0 Å². The highest BCUT2D eigenvalue weighted by molar-refractivity contribution is 5.95. The van der Waals surface area contributed by atoms with Crippen LogP contribution in [0.5, 0.6) is 0 Å². The van der Waals surface area contributed by atoms with Crippen molar-refractivity contribution in [1.82, 2.24) is 15.0 Å². The van der Waals surface area contributed by atoms with Gasteiger partial charge in [-0.1, -0.05) is 13.8 Å². The van der Waals surface area contributed by atoms with E-state index >= 15 is 0 Å². The number of rotatable bonds is 4. The van der Waals surface area contributed by atoms with Gasteiger partial charge in [0.05, 0.1) is 16.8 Å². The number of pyridine rings is 1. The van der Waals surface area contributed by atoms with Gasteiger partial charge < -0.3 is 5.32 Å². The van der Waals surface area contributed by atoms with Crippen molar-refractivity contribution in [3.05, 3.63) is 47.9 Å². The van der Waals surface area contributed by atoms with Crippen LogP contribution in [-0.2, 0) is 0 Å². The number of halogens is 4. The zero-order valence-corrected chi connectivity index (χ0v) is 14.3. The van der Waals surface area contributed by atoms with Gasteiger partial charge in [0, 0.05) is 30.6 Å². The molecular formula is C18H16F4N4. The lowest BCUT2D eigenvalue weighted by atomic mass is 10.0. The highest BCUT2D eigenvalue weighted by Crippen LogP contribution is 2.38. The molecule has 0 fully saturated rings. The first-order chi connectivity index (χ1) is 12.3. The van der Waals surface area contributed by atoms with Gasteiger partial charge in [-0.25, -0.2) is 23.1 Å². The van der Waals surface area contributed by atoms with Gasteiger partial charge in [0.2, 0.25) is 5.95 Å². The molecule has 0 spiro atoms. The Morgan fingerprint density at radius 2 is 1.50 bits per heavy atom. The summed E-state index contributed by atoms with van der Waals surface area (Å²) >= 11 is 0. The van der Waals surface area contributed by atoms with Gasteiger partial charge in [-0.2, -0.15) is 9.37 Å². The molecule has 136 valence electrons. The van der Waals surface area contributed by atoms with E-state index in [9.17, 15) is 17.6 Å². The monoisotopic (exact) mass is 364 g/mol. The largest absolute Gasteiger partial charge is 0.380 e. The lowest BCUT2D eigenvalue weighted by Gasteiger charge is -2.22. The molecule has 3 rings (SSSR count). The molecule has 1 unspecified atom stereocenters. The third kappa shape index (κ3) is 3.18. The van der Waals surface area contributed by atoms with E-state index in [-0.39, 0.29) is 28.8 Å². The maximum absolute atomic E-state index is 14.7. The van der Waals surface area contributed by atoms with E-state index in [1.165, 1.54) is 12.4 Å². The molecule has 0 saturated carbocycles. The van der Waals surface area contributed by atoms with Gasteiger partial charge >= 0.3 is 0 Å². The Balaban J connectivity index is 2.36. The van der Waals surface area contributed by atoms with Gasteiger partial charge in [0.15, 0.2) is 5.65 Å². The molecule has 1 N–H and O–H groups in total. The van der Waals surface area contributed by atoms with Crippen LogP contribution in [0.3, 0.4) is 0 Å². The molecule has 0 saturated heterocycles. The van der Waals surface area contributed by atoms with E-state index in [0.717, 1.165) is 0 Å². The lowest BCUT2D eigenvalue weighted by Crippen LogP contribution is -2.23. The first kappa shape index (κ1) is 18.0. The van der Waals surface area contributed by atoms with Gasteiger partial charge in [-0.15, -0.1) is 0 Å². The first-order valence-corrected chi connectivity index (χ1v) is 8.01. The summed E-state index contributed by atoms with van der Waals surface area (Å²) in [6, 6.07) is 0.815. The molecule has 2 heterocycles. The molecule has 0 aliphatic heterocycles. The summed E-state index contributed by atoms with van der Waals surface area (Å²) in [5.74, 6) is -4.55. The van der Waals surface area contributed by atoms with Crippen molar-refractivity contribution in [3.8, 4) is 11.1 Å². The predicted octanol–water partition coefficient (Wildman–Crippen LogP) is 4.70. The minimum atomic E-state index is -1.23. The Labute approximate surface area is 147 Å². The number of aromatic nitrogens is 3. The molecule has 0 radical (unpaired) electrons. The number of hydrogen-bond acceptors (Lipinski definition) is 4. The van der Waals surface area contributed by atoms with Crippen molar-refractivity contribution in [3.63, 3.8) is 0 Å². The standard InChI is InChI=1S/C18H16F4N4/c1-8(2)9(3)25-15-14(13-11(20)6-10(19)7-12(13)21)17(22)26-18-16(15)23-4-5-24-18/h4-9H,1-3H3,(H,24,25,26). The zero-order valence-electron chi connectivity index (χ0n) is 14.3. The van der Waals surface area contributed by atoms with Crippen molar-refractivity contribution < 1.29 is 17.6 Å². The fraction of sp³-hybridized carbons (Fsp3) is 0.278. The molecule has 0 aliphatic carbocycles. The number of fused-ring (bicyclic) bond motifs is 1. The molecule has 3 aromatic rings. The van der Waals surface area contributed by atoms with Crippen molar-refractivity contribution in [2.75, 3.05) is 5.32 Å². The summed E-state index contributed by atoms with van der Waals surface area (Å²) in [6.07, 6.45) is 2.71. The Hall–Kier alpha value is -2.77. The third-order valence-electron chi connectivity index (χ3n) is 4.20. The third-order valence-corrected chi connectivity index (χ3v) is 4.20. The molecule has 26 heavy (non-hydrogen) atoms. The van der Waals surface area contributed by atoms with E-state index in [1.54, 1.807) is 0 Å². The van der Waals surface area contributed by atoms with Crippen molar-refractivity contribution in [2.45, 2.75) is 26.8 Å². The molecule has 0 bridgehead atoms. The lowest BCUT2D eigenvalue weighted by molar-refractivity contribution is 0.540. The summed E-state index contributed by atoms with van der Waals surface area (Å²) in [5.41, 5.74) is -0.927. The predicted molar refractivity (Wildman–Crippen MR) is 90.5 cm³/mol. The molecule has 2 aromatic heterocycles. The highest BCUT2D eigenvalue weighted by atomic mass is 19.1. The summed E-state index contributed by atoms with van der Waals surface area (Å²) in [7, 11) is 0. The average molecular weight is 364 g/mol. The van der Waals surface area contributed by atoms with E-state index in [1.807, 2.05) is 20.8 Å². The maximum Gasteiger partial charge on any atom is 0.225 e. The fourth-order valence-electron chi connectivity index (χ4n) is 2.50. The van der Waals surface area contributed by atoms with Crippen LogP contribution < -0.4 is 5.32 Å².